The average molecular weight is 411 g/mol. The van der Waals surface area contributed by atoms with Crippen LogP contribution in [0, 0.1) is 0 Å². The minimum Gasteiger partial charge on any atom is -0.465 e. The number of esters is 1. The molecule has 0 spiro atoms. The second-order valence-electron chi connectivity index (χ2n) is 6.96. The lowest BCUT2D eigenvalue weighted by Crippen LogP contribution is -2.45. The molecule has 1 aromatic carbocycles. The molecular formula is C20H24Cl2N2O3. The second-order valence-corrected chi connectivity index (χ2v) is 7.78. The molecule has 2 fully saturated rings. The summed E-state index contributed by atoms with van der Waals surface area (Å²) in [6.07, 6.45) is 5.50. The van der Waals surface area contributed by atoms with Crippen molar-refractivity contribution in [3.63, 3.8) is 0 Å². The summed E-state index contributed by atoms with van der Waals surface area (Å²) in [5.74, 6) is -0.105. The molecule has 1 amide bonds. The first-order valence-corrected chi connectivity index (χ1v) is 10.0. The number of halogens is 2. The molecule has 0 atom stereocenters. The predicted molar refractivity (Wildman–Crippen MR) is 107 cm³/mol. The summed E-state index contributed by atoms with van der Waals surface area (Å²) in [6, 6.07) is 5.48. The number of nitrogens with zero attached hydrogens (tertiary/aromatic N) is 2. The van der Waals surface area contributed by atoms with Gasteiger partial charge < -0.3 is 9.64 Å². The van der Waals surface area contributed by atoms with Crippen molar-refractivity contribution in [2.24, 2.45) is 0 Å². The molecule has 5 nitrogen and oxygen atoms in total. The van der Waals surface area contributed by atoms with E-state index in [2.05, 4.69) is 4.90 Å². The molecule has 146 valence electrons. The number of carbonyl (C=O) groups is 2. The number of benzene rings is 1. The lowest BCUT2D eigenvalue weighted by molar-refractivity contribution is -0.134. The van der Waals surface area contributed by atoms with Crippen LogP contribution in [0.5, 0.6) is 0 Å². The molecule has 3 rings (SSSR count). The molecule has 0 aliphatic carbocycles. The maximum absolute atomic E-state index is 12.2. The van der Waals surface area contributed by atoms with Gasteiger partial charge in [-0.2, -0.15) is 0 Å². The minimum atomic E-state index is -0.397. The zero-order valence-corrected chi connectivity index (χ0v) is 16.9. The Bertz CT molecular complexity index is 743. The standard InChI is InChI=1S/C20H24Cl2N2O3/c1-27-20(26)16(14-4-5-17(21)18(22)13-14)8-12-23-10-6-15(7-11-23)24-9-2-3-19(24)25/h4-5,8,13,15H,2-3,6-7,9-12H2,1H3/b16-8-. The van der Waals surface area contributed by atoms with Crippen molar-refractivity contribution in [3.05, 3.63) is 39.9 Å². The highest BCUT2D eigenvalue weighted by Gasteiger charge is 2.30. The van der Waals surface area contributed by atoms with E-state index in [1.165, 1.54) is 7.11 Å². The Labute approximate surface area is 169 Å². The molecule has 0 unspecified atom stereocenters. The summed E-state index contributed by atoms with van der Waals surface area (Å²) < 4.78 is 4.93. The summed E-state index contributed by atoms with van der Waals surface area (Å²) in [6.45, 7) is 3.35. The van der Waals surface area contributed by atoms with E-state index in [9.17, 15) is 9.59 Å². The fraction of sp³-hybridized carbons (Fsp3) is 0.500. The molecule has 27 heavy (non-hydrogen) atoms. The van der Waals surface area contributed by atoms with Gasteiger partial charge in [0.25, 0.3) is 0 Å². The molecule has 0 saturated carbocycles. The minimum absolute atomic E-state index is 0.293. The average Bonchev–Trinajstić information content (AvgIpc) is 3.11. The second kappa shape index (κ2) is 9.09. The SMILES string of the molecule is COC(=O)/C(=C\CN1CCC(N2CCCC2=O)CC1)c1ccc(Cl)c(Cl)c1. The van der Waals surface area contributed by atoms with Gasteiger partial charge in [-0.3, -0.25) is 9.69 Å². The van der Waals surface area contributed by atoms with Crippen molar-refractivity contribution in [1.82, 2.24) is 9.80 Å². The first-order chi connectivity index (χ1) is 13.0. The van der Waals surface area contributed by atoms with Crippen LogP contribution in [0.2, 0.25) is 10.0 Å². The van der Waals surface area contributed by atoms with Gasteiger partial charge >= 0.3 is 5.97 Å². The Hall–Kier alpha value is -1.56. The summed E-state index contributed by atoms with van der Waals surface area (Å²) in [5, 5.41) is 0.850. The van der Waals surface area contributed by atoms with Crippen LogP contribution < -0.4 is 0 Å². The monoisotopic (exact) mass is 410 g/mol. The quantitative estimate of drug-likeness (QED) is 0.549. The van der Waals surface area contributed by atoms with Crippen LogP contribution in [0.15, 0.2) is 24.3 Å². The maximum Gasteiger partial charge on any atom is 0.338 e. The number of rotatable bonds is 5. The molecule has 2 aliphatic rings. The molecular weight excluding hydrogens is 387 g/mol. The Morgan fingerprint density at radius 2 is 1.96 bits per heavy atom. The number of carbonyl (C=O) groups excluding carboxylic acids is 2. The van der Waals surface area contributed by atoms with Crippen LogP contribution in [0.3, 0.4) is 0 Å². The number of likely N-dealkylation sites (tertiary alicyclic amines) is 2. The van der Waals surface area contributed by atoms with E-state index in [0.717, 1.165) is 38.9 Å². The fourth-order valence-corrected chi connectivity index (χ4v) is 4.08. The molecule has 0 N–H and O–H groups in total. The number of hydrogen-bond acceptors (Lipinski definition) is 4. The molecule has 7 heteroatoms. The van der Waals surface area contributed by atoms with Gasteiger partial charge in [-0.05, 0) is 37.0 Å². The normalized spacial score (nSPS) is 19.6. The van der Waals surface area contributed by atoms with Gasteiger partial charge in [-0.15, -0.1) is 0 Å². The van der Waals surface area contributed by atoms with Crippen molar-refractivity contribution in [2.45, 2.75) is 31.7 Å². The Morgan fingerprint density at radius 1 is 1.22 bits per heavy atom. The van der Waals surface area contributed by atoms with E-state index >= 15 is 0 Å². The number of ether oxygens (including phenoxy) is 1. The van der Waals surface area contributed by atoms with Crippen molar-refractivity contribution < 1.29 is 14.3 Å². The van der Waals surface area contributed by atoms with E-state index < -0.39 is 5.97 Å². The molecule has 2 heterocycles. The summed E-state index contributed by atoms with van der Waals surface area (Å²) in [5.41, 5.74) is 1.17. The van der Waals surface area contributed by atoms with Crippen LogP contribution in [0.25, 0.3) is 5.57 Å². The highest BCUT2D eigenvalue weighted by Crippen LogP contribution is 2.27. The molecule has 0 bridgehead atoms. The molecule has 0 aromatic heterocycles. The Kier molecular flexibility index (Phi) is 6.79. The van der Waals surface area contributed by atoms with Crippen LogP contribution >= 0.6 is 23.2 Å². The van der Waals surface area contributed by atoms with E-state index in [0.29, 0.717) is 46.1 Å². The molecule has 2 saturated heterocycles. The van der Waals surface area contributed by atoms with E-state index in [4.69, 9.17) is 27.9 Å². The van der Waals surface area contributed by atoms with Gasteiger partial charge in [0.1, 0.15) is 0 Å². The van der Waals surface area contributed by atoms with E-state index in [1.54, 1.807) is 18.2 Å². The van der Waals surface area contributed by atoms with Crippen LogP contribution in [-0.2, 0) is 14.3 Å². The van der Waals surface area contributed by atoms with Crippen molar-refractivity contribution in [3.8, 4) is 0 Å². The van der Waals surface area contributed by atoms with Gasteiger partial charge in [-0.25, -0.2) is 4.79 Å². The zero-order valence-electron chi connectivity index (χ0n) is 15.4. The van der Waals surface area contributed by atoms with Crippen molar-refractivity contribution in [2.75, 3.05) is 33.3 Å². The van der Waals surface area contributed by atoms with E-state index in [-0.39, 0.29) is 0 Å². The number of piperidine rings is 1. The Balaban J connectivity index is 1.64. The highest BCUT2D eigenvalue weighted by atomic mass is 35.5. The predicted octanol–water partition coefficient (Wildman–Crippen LogP) is 3.64. The van der Waals surface area contributed by atoms with Crippen LogP contribution in [0.4, 0.5) is 0 Å². The highest BCUT2D eigenvalue weighted by molar-refractivity contribution is 6.42. The van der Waals surface area contributed by atoms with Crippen molar-refractivity contribution in [1.29, 1.82) is 0 Å². The topological polar surface area (TPSA) is 49.9 Å². The fourth-order valence-electron chi connectivity index (χ4n) is 3.78. The molecule has 0 radical (unpaired) electrons. The number of hydrogen-bond donors (Lipinski definition) is 0. The Morgan fingerprint density at radius 3 is 2.56 bits per heavy atom. The third kappa shape index (κ3) is 4.84. The third-order valence-corrected chi connectivity index (χ3v) is 6.04. The maximum atomic E-state index is 12.2. The first-order valence-electron chi connectivity index (χ1n) is 9.25. The lowest BCUT2D eigenvalue weighted by atomic mass is 10.0. The van der Waals surface area contributed by atoms with Crippen LogP contribution in [-0.4, -0.2) is 61.0 Å². The molecule has 2 aliphatic heterocycles. The number of methoxy groups -OCH3 is 1. The summed E-state index contributed by atoms with van der Waals surface area (Å²) >= 11 is 12.1. The van der Waals surface area contributed by atoms with E-state index in [1.807, 2.05) is 11.0 Å². The van der Waals surface area contributed by atoms with Gasteiger partial charge in [0.15, 0.2) is 0 Å². The summed E-state index contributed by atoms with van der Waals surface area (Å²) in [4.78, 5) is 28.5. The first kappa shape index (κ1) is 20.2. The lowest BCUT2D eigenvalue weighted by Gasteiger charge is -2.36. The van der Waals surface area contributed by atoms with Crippen LogP contribution in [0.1, 0.15) is 31.2 Å². The van der Waals surface area contributed by atoms with Gasteiger partial charge in [0.2, 0.25) is 5.91 Å². The van der Waals surface area contributed by atoms with Gasteiger partial charge in [-0.1, -0.05) is 35.3 Å². The molecule has 1 aromatic rings. The third-order valence-electron chi connectivity index (χ3n) is 5.30. The van der Waals surface area contributed by atoms with Gasteiger partial charge in [0, 0.05) is 38.6 Å². The largest absolute Gasteiger partial charge is 0.465 e. The number of amides is 1. The van der Waals surface area contributed by atoms with Crippen molar-refractivity contribution >= 4 is 40.7 Å². The summed E-state index contributed by atoms with van der Waals surface area (Å²) in [7, 11) is 1.37. The van der Waals surface area contributed by atoms with Gasteiger partial charge in [0.05, 0.1) is 22.7 Å². The smallest absolute Gasteiger partial charge is 0.338 e. The zero-order chi connectivity index (χ0) is 19.4.